The Bertz CT molecular complexity index is 286. The standard InChI is InChI=1S/C12H17NO.C2H6/c1-10-2-4-11(5-3-10)13-8-6-12(14)7-9-13;1-2/h2-5,12,14H,6-9H2,1H3;1-2H3. The number of nitrogens with zero attached hydrogens (tertiary/aromatic N) is 1. The van der Waals surface area contributed by atoms with Crippen LogP contribution in [-0.2, 0) is 0 Å². The number of piperidine rings is 1. The van der Waals surface area contributed by atoms with E-state index in [1.54, 1.807) is 0 Å². The number of anilines is 1. The summed E-state index contributed by atoms with van der Waals surface area (Å²) in [7, 11) is 0. The van der Waals surface area contributed by atoms with Gasteiger partial charge in [-0.2, -0.15) is 0 Å². The molecule has 1 aliphatic heterocycles. The first-order valence-electron chi connectivity index (χ1n) is 6.25. The van der Waals surface area contributed by atoms with Gasteiger partial charge in [-0.25, -0.2) is 0 Å². The molecule has 1 saturated heterocycles. The van der Waals surface area contributed by atoms with Crippen molar-refractivity contribution in [2.75, 3.05) is 18.0 Å². The van der Waals surface area contributed by atoms with Gasteiger partial charge in [0.25, 0.3) is 0 Å². The van der Waals surface area contributed by atoms with Crippen LogP contribution in [0.25, 0.3) is 0 Å². The second-order valence-corrected chi connectivity index (χ2v) is 4.05. The van der Waals surface area contributed by atoms with Gasteiger partial charge in [0.05, 0.1) is 6.10 Å². The Kier molecular flexibility index (Phi) is 5.33. The number of aryl methyl sites for hydroxylation is 1. The Morgan fingerprint density at radius 1 is 1.06 bits per heavy atom. The van der Waals surface area contributed by atoms with Gasteiger partial charge in [-0.05, 0) is 31.9 Å². The molecule has 1 aromatic carbocycles. The SMILES string of the molecule is CC.Cc1ccc(N2CCC(O)CC2)cc1. The number of benzene rings is 1. The fourth-order valence-electron chi connectivity index (χ4n) is 1.88. The lowest BCUT2D eigenvalue weighted by Crippen LogP contribution is -2.35. The summed E-state index contributed by atoms with van der Waals surface area (Å²) in [6, 6.07) is 8.60. The number of aliphatic hydroxyl groups excluding tert-OH is 1. The van der Waals surface area contributed by atoms with Crippen molar-refractivity contribution < 1.29 is 5.11 Å². The monoisotopic (exact) mass is 221 g/mol. The Morgan fingerprint density at radius 2 is 1.56 bits per heavy atom. The summed E-state index contributed by atoms with van der Waals surface area (Å²) < 4.78 is 0. The molecule has 0 radical (unpaired) electrons. The average Bonchev–Trinajstić information content (AvgIpc) is 2.34. The second kappa shape index (κ2) is 6.54. The number of hydrogen-bond acceptors (Lipinski definition) is 2. The third-order valence-electron chi connectivity index (χ3n) is 2.86. The molecule has 0 aromatic heterocycles. The zero-order valence-electron chi connectivity index (χ0n) is 10.6. The zero-order valence-corrected chi connectivity index (χ0v) is 10.6. The van der Waals surface area contributed by atoms with Gasteiger partial charge < -0.3 is 10.0 Å². The third kappa shape index (κ3) is 3.53. The molecule has 0 aliphatic carbocycles. The van der Waals surface area contributed by atoms with E-state index in [1.807, 2.05) is 13.8 Å². The fraction of sp³-hybridized carbons (Fsp3) is 0.571. The summed E-state index contributed by atoms with van der Waals surface area (Å²) in [6.45, 7) is 8.05. The topological polar surface area (TPSA) is 23.5 Å². The zero-order chi connectivity index (χ0) is 12.0. The van der Waals surface area contributed by atoms with E-state index < -0.39 is 0 Å². The van der Waals surface area contributed by atoms with E-state index in [4.69, 9.17) is 0 Å². The Labute approximate surface area is 98.9 Å². The highest BCUT2D eigenvalue weighted by Gasteiger charge is 2.16. The van der Waals surface area contributed by atoms with Crippen LogP contribution in [0.1, 0.15) is 32.3 Å². The molecule has 0 atom stereocenters. The molecule has 0 amide bonds. The maximum absolute atomic E-state index is 9.39. The molecule has 0 saturated carbocycles. The predicted molar refractivity (Wildman–Crippen MR) is 70.0 cm³/mol. The molecule has 0 unspecified atom stereocenters. The maximum Gasteiger partial charge on any atom is 0.0574 e. The van der Waals surface area contributed by atoms with E-state index >= 15 is 0 Å². The van der Waals surface area contributed by atoms with E-state index in [9.17, 15) is 5.11 Å². The Balaban J connectivity index is 0.000000606. The molecule has 2 heteroatoms. The molecular weight excluding hydrogens is 198 g/mol. The van der Waals surface area contributed by atoms with Gasteiger partial charge in [-0.3, -0.25) is 0 Å². The summed E-state index contributed by atoms with van der Waals surface area (Å²) in [4.78, 5) is 2.34. The van der Waals surface area contributed by atoms with Gasteiger partial charge in [-0.1, -0.05) is 31.5 Å². The lowest BCUT2D eigenvalue weighted by molar-refractivity contribution is 0.145. The highest BCUT2D eigenvalue weighted by molar-refractivity contribution is 5.47. The quantitative estimate of drug-likeness (QED) is 0.788. The molecule has 1 aliphatic rings. The van der Waals surface area contributed by atoms with Crippen LogP contribution in [0.15, 0.2) is 24.3 Å². The molecule has 1 aromatic rings. The van der Waals surface area contributed by atoms with Crippen LogP contribution in [-0.4, -0.2) is 24.3 Å². The highest BCUT2D eigenvalue weighted by atomic mass is 16.3. The maximum atomic E-state index is 9.39. The first kappa shape index (κ1) is 13.0. The van der Waals surface area contributed by atoms with Gasteiger partial charge in [0.2, 0.25) is 0 Å². The normalized spacial score (nSPS) is 16.6. The lowest BCUT2D eigenvalue weighted by Gasteiger charge is -2.31. The van der Waals surface area contributed by atoms with Crippen LogP contribution in [0.4, 0.5) is 5.69 Å². The van der Waals surface area contributed by atoms with Crippen molar-refractivity contribution in [1.82, 2.24) is 0 Å². The van der Waals surface area contributed by atoms with Crippen molar-refractivity contribution in [3.63, 3.8) is 0 Å². The first-order chi connectivity index (χ1) is 7.75. The van der Waals surface area contributed by atoms with Gasteiger partial charge in [0.15, 0.2) is 0 Å². The van der Waals surface area contributed by atoms with Crippen LogP contribution >= 0.6 is 0 Å². The number of hydrogen-bond donors (Lipinski definition) is 1. The number of aliphatic hydroxyl groups is 1. The van der Waals surface area contributed by atoms with Gasteiger partial charge in [0.1, 0.15) is 0 Å². The molecule has 0 bridgehead atoms. The van der Waals surface area contributed by atoms with Gasteiger partial charge in [0, 0.05) is 18.8 Å². The molecule has 2 rings (SSSR count). The van der Waals surface area contributed by atoms with Crippen LogP contribution < -0.4 is 4.90 Å². The second-order valence-electron chi connectivity index (χ2n) is 4.05. The van der Waals surface area contributed by atoms with Crippen molar-refractivity contribution in [2.45, 2.75) is 39.7 Å². The van der Waals surface area contributed by atoms with Crippen molar-refractivity contribution in [1.29, 1.82) is 0 Å². The van der Waals surface area contributed by atoms with Crippen LogP contribution in [0.5, 0.6) is 0 Å². The minimum atomic E-state index is -0.0864. The third-order valence-corrected chi connectivity index (χ3v) is 2.86. The molecule has 1 heterocycles. The molecule has 16 heavy (non-hydrogen) atoms. The number of rotatable bonds is 1. The molecule has 1 N–H and O–H groups in total. The molecular formula is C14H23NO. The largest absolute Gasteiger partial charge is 0.393 e. The first-order valence-corrected chi connectivity index (χ1v) is 6.25. The minimum Gasteiger partial charge on any atom is -0.393 e. The van der Waals surface area contributed by atoms with Gasteiger partial charge in [-0.15, -0.1) is 0 Å². The minimum absolute atomic E-state index is 0.0864. The summed E-state index contributed by atoms with van der Waals surface area (Å²) >= 11 is 0. The predicted octanol–water partition coefficient (Wildman–Crippen LogP) is 2.98. The molecule has 2 nitrogen and oxygen atoms in total. The Morgan fingerprint density at radius 3 is 2.06 bits per heavy atom. The summed E-state index contributed by atoms with van der Waals surface area (Å²) in [6.07, 6.45) is 1.71. The molecule has 90 valence electrons. The van der Waals surface area contributed by atoms with Crippen molar-refractivity contribution >= 4 is 5.69 Å². The highest BCUT2D eigenvalue weighted by Crippen LogP contribution is 2.20. The van der Waals surface area contributed by atoms with Crippen LogP contribution in [0.3, 0.4) is 0 Å². The van der Waals surface area contributed by atoms with Gasteiger partial charge >= 0.3 is 0 Å². The van der Waals surface area contributed by atoms with E-state index in [0.29, 0.717) is 0 Å². The molecule has 0 spiro atoms. The summed E-state index contributed by atoms with van der Waals surface area (Å²) in [5.41, 5.74) is 2.58. The van der Waals surface area contributed by atoms with E-state index in [1.165, 1.54) is 11.3 Å². The molecule has 1 fully saturated rings. The van der Waals surface area contributed by atoms with E-state index in [2.05, 4.69) is 36.1 Å². The Hall–Kier alpha value is -1.02. The summed E-state index contributed by atoms with van der Waals surface area (Å²) in [5.74, 6) is 0. The van der Waals surface area contributed by atoms with Crippen molar-refractivity contribution in [2.24, 2.45) is 0 Å². The van der Waals surface area contributed by atoms with Crippen molar-refractivity contribution in [3.05, 3.63) is 29.8 Å². The summed E-state index contributed by atoms with van der Waals surface area (Å²) in [5, 5.41) is 9.39. The lowest BCUT2D eigenvalue weighted by atomic mass is 10.1. The van der Waals surface area contributed by atoms with Crippen LogP contribution in [0.2, 0.25) is 0 Å². The smallest absolute Gasteiger partial charge is 0.0574 e. The van der Waals surface area contributed by atoms with Crippen LogP contribution in [0, 0.1) is 6.92 Å². The van der Waals surface area contributed by atoms with E-state index in [-0.39, 0.29) is 6.10 Å². The van der Waals surface area contributed by atoms with Crippen molar-refractivity contribution in [3.8, 4) is 0 Å². The average molecular weight is 221 g/mol. The van der Waals surface area contributed by atoms with E-state index in [0.717, 1.165) is 25.9 Å². The fourth-order valence-corrected chi connectivity index (χ4v) is 1.88.